The summed E-state index contributed by atoms with van der Waals surface area (Å²) in [6.45, 7) is 0. The molecule has 0 saturated heterocycles. The second-order valence-electron chi connectivity index (χ2n) is 5.93. The molecule has 0 atom stereocenters. The van der Waals surface area contributed by atoms with Gasteiger partial charge >= 0.3 is 0 Å². The van der Waals surface area contributed by atoms with Crippen LogP contribution in [0.4, 0.5) is 0 Å². The van der Waals surface area contributed by atoms with Gasteiger partial charge in [0, 0.05) is 17.0 Å². The Morgan fingerprint density at radius 3 is 2.63 bits per heavy atom. The van der Waals surface area contributed by atoms with Gasteiger partial charge in [-0.05, 0) is 12.1 Å². The topological polar surface area (TPSA) is 135 Å². The predicted octanol–water partition coefficient (Wildman–Crippen LogP) is 2.49. The number of furan rings is 1. The van der Waals surface area contributed by atoms with Gasteiger partial charge < -0.3 is 14.4 Å². The monoisotopic (exact) mass is 355 g/mol. The first-order chi connectivity index (χ1) is 13.3. The van der Waals surface area contributed by atoms with Crippen molar-refractivity contribution in [2.45, 2.75) is 0 Å². The highest BCUT2D eigenvalue weighted by Gasteiger charge is 2.13. The molecule has 0 aliphatic rings. The third kappa shape index (κ3) is 2.16. The van der Waals surface area contributed by atoms with Crippen LogP contribution < -0.4 is 0 Å². The highest BCUT2D eigenvalue weighted by Crippen LogP contribution is 2.27. The summed E-state index contributed by atoms with van der Waals surface area (Å²) in [6.07, 6.45) is 8.19. The van der Waals surface area contributed by atoms with E-state index in [1.165, 1.54) is 0 Å². The zero-order chi connectivity index (χ0) is 17.8. The molecule has 6 heterocycles. The van der Waals surface area contributed by atoms with Gasteiger partial charge in [0.25, 0.3) is 0 Å². The maximum atomic E-state index is 5.76. The smallest absolute Gasteiger partial charge is 0.197 e. The van der Waals surface area contributed by atoms with Crippen LogP contribution in [0.1, 0.15) is 0 Å². The molecule has 10 nitrogen and oxygen atoms in total. The van der Waals surface area contributed by atoms with Gasteiger partial charge in [-0.2, -0.15) is 10.2 Å². The third-order valence-corrected chi connectivity index (χ3v) is 4.24. The fourth-order valence-electron chi connectivity index (χ4n) is 2.94. The van der Waals surface area contributed by atoms with Gasteiger partial charge in [-0.1, -0.05) is 0 Å². The summed E-state index contributed by atoms with van der Waals surface area (Å²) < 4.78 is 5.76. The lowest BCUT2D eigenvalue weighted by atomic mass is 10.3. The fourth-order valence-corrected chi connectivity index (χ4v) is 2.94. The van der Waals surface area contributed by atoms with Gasteiger partial charge in [-0.15, -0.1) is 0 Å². The highest BCUT2D eigenvalue weighted by molar-refractivity contribution is 5.84. The number of nitrogens with one attached hydrogen (secondary N) is 2. The van der Waals surface area contributed by atoms with Crippen molar-refractivity contribution in [1.82, 2.24) is 45.1 Å². The van der Waals surface area contributed by atoms with Crippen molar-refractivity contribution in [1.29, 1.82) is 0 Å². The molecule has 27 heavy (non-hydrogen) atoms. The second kappa shape index (κ2) is 5.14. The summed E-state index contributed by atoms with van der Waals surface area (Å²) in [5, 5.41) is 9.35. The van der Waals surface area contributed by atoms with Crippen LogP contribution in [0.5, 0.6) is 0 Å². The van der Waals surface area contributed by atoms with Crippen molar-refractivity contribution in [3.8, 4) is 23.1 Å². The molecular weight excluding hydrogens is 346 g/mol. The predicted molar refractivity (Wildman–Crippen MR) is 95.4 cm³/mol. The Kier molecular flexibility index (Phi) is 2.67. The number of H-pyrrole nitrogens is 2. The van der Waals surface area contributed by atoms with Gasteiger partial charge in [-0.3, -0.25) is 0 Å². The summed E-state index contributed by atoms with van der Waals surface area (Å²) in [7, 11) is 0. The Morgan fingerprint density at radius 2 is 1.67 bits per heavy atom. The van der Waals surface area contributed by atoms with E-state index in [0.717, 1.165) is 16.5 Å². The molecule has 0 aromatic carbocycles. The van der Waals surface area contributed by atoms with Gasteiger partial charge in [0.15, 0.2) is 28.6 Å². The molecule has 0 unspecified atom stereocenters. The molecule has 2 N–H and O–H groups in total. The molecule has 0 fully saturated rings. The Bertz CT molecular complexity index is 1410. The van der Waals surface area contributed by atoms with Crippen molar-refractivity contribution in [3.63, 3.8) is 0 Å². The maximum absolute atomic E-state index is 5.76. The van der Waals surface area contributed by atoms with E-state index in [4.69, 9.17) is 4.42 Å². The average Bonchev–Trinajstić information content (AvgIpc) is 3.42. The lowest BCUT2D eigenvalue weighted by molar-refractivity contribution is 0.622. The van der Waals surface area contributed by atoms with E-state index in [0.29, 0.717) is 39.8 Å². The van der Waals surface area contributed by atoms with Crippen molar-refractivity contribution in [2.24, 2.45) is 0 Å². The van der Waals surface area contributed by atoms with Gasteiger partial charge in [0.05, 0.1) is 30.6 Å². The molecule has 0 saturated carbocycles. The van der Waals surface area contributed by atoms with Crippen LogP contribution in [0.25, 0.3) is 56.3 Å². The lowest BCUT2D eigenvalue weighted by Crippen LogP contribution is -1.90. The minimum atomic E-state index is 0.469. The highest BCUT2D eigenvalue weighted by atomic mass is 16.3. The minimum Gasteiger partial charge on any atom is -0.451 e. The number of fused-ring (bicyclic) bond motifs is 3. The number of rotatable bonds is 2. The van der Waals surface area contributed by atoms with Crippen LogP contribution in [0, 0.1) is 0 Å². The van der Waals surface area contributed by atoms with Crippen LogP contribution in [-0.4, -0.2) is 45.1 Å². The molecule has 0 spiro atoms. The van der Waals surface area contributed by atoms with E-state index < -0.39 is 0 Å². The van der Waals surface area contributed by atoms with Crippen LogP contribution in [0.3, 0.4) is 0 Å². The Morgan fingerprint density at radius 1 is 0.778 bits per heavy atom. The molecule has 6 aromatic heterocycles. The number of imidazole rings is 1. The van der Waals surface area contributed by atoms with E-state index in [2.05, 4.69) is 45.1 Å². The van der Waals surface area contributed by atoms with E-state index >= 15 is 0 Å². The quantitative estimate of drug-likeness (QED) is 0.483. The molecule has 10 heteroatoms. The van der Waals surface area contributed by atoms with Crippen LogP contribution in [0.15, 0.2) is 47.7 Å². The second-order valence-corrected chi connectivity index (χ2v) is 5.93. The average molecular weight is 355 g/mol. The van der Waals surface area contributed by atoms with Crippen molar-refractivity contribution in [3.05, 3.63) is 43.2 Å². The minimum absolute atomic E-state index is 0.469. The van der Waals surface area contributed by atoms with Crippen LogP contribution >= 0.6 is 0 Å². The SMILES string of the molecule is c1nc2cnc(-c3cc4cnc(-c5cc6cnncc6o5)nc4[nH]3)nc2[nH]1. The van der Waals surface area contributed by atoms with Crippen LogP contribution in [0.2, 0.25) is 0 Å². The van der Waals surface area contributed by atoms with Crippen molar-refractivity contribution < 1.29 is 4.42 Å². The summed E-state index contributed by atoms with van der Waals surface area (Å²) in [4.78, 5) is 28.1. The van der Waals surface area contributed by atoms with Crippen molar-refractivity contribution >= 4 is 33.2 Å². The van der Waals surface area contributed by atoms with Gasteiger partial charge in [-0.25, -0.2) is 24.9 Å². The zero-order valence-corrected chi connectivity index (χ0v) is 13.6. The summed E-state index contributed by atoms with van der Waals surface area (Å²) >= 11 is 0. The Hall–Kier alpha value is -4.21. The Balaban J connectivity index is 1.46. The molecular formula is C17H9N9O. The Labute approximate surface area is 149 Å². The number of aromatic amines is 2. The van der Waals surface area contributed by atoms with Gasteiger partial charge in [0.2, 0.25) is 0 Å². The lowest BCUT2D eigenvalue weighted by Gasteiger charge is -1.95. The van der Waals surface area contributed by atoms with E-state index in [-0.39, 0.29) is 0 Å². The first-order valence-electron chi connectivity index (χ1n) is 8.06. The standard InChI is InChI=1S/C17H9N9O/c1-9-3-18-17(12-2-8-4-22-23-6-13(8)27-12)25-14(9)24-10(1)15-19-5-11-16(26-15)21-7-20-11/h1-7H,(H,18,24,25)(H,19,20,21,26). The fraction of sp³-hybridized carbons (Fsp3) is 0. The molecule has 6 aromatic rings. The number of hydrogen-bond acceptors (Lipinski definition) is 8. The summed E-state index contributed by atoms with van der Waals surface area (Å²) in [5.41, 5.74) is 3.43. The number of hydrogen-bond donors (Lipinski definition) is 2. The van der Waals surface area contributed by atoms with E-state index in [1.54, 1.807) is 31.1 Å². The van der Waals surface area contributed by atoms with Crippen LogP contribution in [-0.2, 0) is 0 Å². The first-order valence-corrected chi connectivity index (χ1v) is 8.06. The molecule has 128 valence electrons. The summed E-state index contributed by atoms with van der Waals surface area (Å²) in [5.74, 6) is 1.57. The molecule has 0 aliphatic carbocycles. The molecule has 0 radical (unpaired) electrons. The van der Waals surface area contributed by atoms with E-state index in [9.17, 15) is 0 Å². The van der Waals surface area contributed by atoms with Crippen molar-refractivity contribution in [2.75, 3.05) is 0 Å². The maximum Gasteiger partial charge on any atom is 0.197 e. The largest absolute Gasteiger partial charge is 0.451 e. The molecule has 0 amide bonds. The number of aromatic nitrogens is 9. The zero-order valence-electron chi connectivity index (χ0n) is 13.6. The normalized spacial score (nSPS) is 11.7. The number of nitrogens with zero attached hydrogens (tertiary/aromatic N) is 7. The third-order valence-electron chi connectivity index (χ3n) is 4.24. The summed E-state index contributed by atoms with van der Waals surface area (Å²) in [6, 6.07) is 3.74. The molecule has 0 bridgehead atoms. The first kappa shape index (κ1) is 14.0. The molecule has 0 aliphatic heterocycles. The van der Waals surface area contributed by atoms with E-state index in [1.807, 2.05) is 12.1 Å². The van der Waals surface area contributed by atoms with Gasteiger partial charge in [0.1, 0.15) is 11.2 Å². The molecule has 6 rings (SSSR count).